The van der Waals surface area contributed by atoms with Crippen molar-refractivity contribution < 1.29 is 14.3 Å². The van der Waals surface area contributed by atoms with Crippen molar-refractivity contribution in [2.75, 3.05) is 13.9 Å². The van der Waals surface area contributed by atoms with Crippen molar-refractivity contribution in [2.24, 2.45) is 22.7 Å². The van der Waals surface area contributed by atoms with Crippen molar-refractivity contribution in [1.29, 1.82) is 0 Å². The molecule has 0 amide bonds. The van der Waals surface area contributed by atoms with E-state index in [0.29, 0.717) is 29.8 Å². The topological polar surface area (TPSA) is 35.5 Å². The summed E-state index contributed by atoms with van der Waals surface area (Å²) in [5.74, 6) is 8.18. The van der Waals surface area contributed by atoms with Crippen LogP contribution < -0.4 is 0 Å². The predicted octanol–water partition coefficient (Wildman–Crippen LogP) is 3.95. The van der Waals surface area contributed by atoms with Gasteiger partial charge in [-0.05, 0) is 56.8 Å². The first kappa shape index (κ1) is 17.0. The van der Waals surface area contributed by atoms with Crippen molar-refractivity contribution in [3.8, 4) is 11.8 Å². The van der Waals surface area contributed by atoms with Crippen molar-refractivity contribution >= 4 is 5.78 Å². The largest absolute Gasteiger partial charge is 0.359 e. The standard InChI is InChI=1S/C20H30O3/c1-18(2,23-14-22-4)10-5-7-15-13-20(15)12-9-16-17(21)8-6-11-19(16,20)3/h15-16H,6,8-14H2,1-4H3/t15-,16+,19+,20+/m1/s1. The quantitative estimate of drug-likeness (QED) is 0.581. The van der Waals surface area contributed by atoms with Crippen molar-refractivity contribution in [1.82, 2.24) is 0 Å². The molecule has 0 aromatic carbocycles. The lowest BCUT2D eigenvalue weighted by Crippen LogP contribution is -2.38. The summed E-state index contributed by atoms with van der Waals surface area (Å²) < 4.78 is 10.6. The third-order valence-corrected chi connectivity index (χ3v) is 6.73. The molecule has 0 bridgehead atoms. The Bertz CT molecular complexity index is 541. The summed E-state index contributed by atoms with van der Waals surface area (Å²) in [6, 6.07) is 0. The van der Waals surface area contributed by atoms with Gasteiger partial charge in [-0.25, -0.2) is 0 Å². The normalized spacial score (nSPS) is 39.0. The molecule has 3 fully saturated rings. The predicted molar refractivity (Wildman–Crippen MR) is 89.7 cm³/mol. The van der Waals surface area contributed by atoms with Gasteiger partial charge in [-0.3, -0.25) is 4.79 Å². The third kappa shape index (κ3) is 2.85. The van der Waals surface area contributed by atoms with Crippen LogP contribution in [0.15, 0.2) is 0 Å². The maximum Gasteiger partial charge on any atom is 0.147 e. The third-order valence-electron chi connectivity index (χ3n) is 6.73. The Balaban J connectivity index is 1.63. The summed E-state index contributed by atoms with van der Waals surface area (Å²) in [5.41, 5.74) is 0.274. The number of hydrogen-bond acceptors (Lipinski definition) is 3. The van der Waals surface area contributed by atoms with E-state index in [1.807, 2.05) is 0 Å². The molecule has 3 heteroatoms. The molecule has 0 aromatic rings. The highest BCUT2D eigenvalue weighted by Crippen LogP contribution is 2.75. The smallest absolute Gasteiger partial charge is 0.147 e. The molecule has 3 nitrogen and oxygen atoms in total. The molecule has 3 aliphatic rings. The summed E-state index contributed by atoms with van der Waals surface area (Å²) in [6.07, 6.45) is 7.30. The molecule has 23 heavy (non-hydrogen) atoms. The molecule has 0 N–H and O–H groups in total. The van der Waals surface area contributed by atoms with Gasteiger partial charge < -0.3 is 9.47 Å². The number of ketones is 1. The Morgan fingerprint density at radius 3 is 2.87 bits per heavy atom. The number of carbonyl (C=O) groups excluding carboxylic acids is 1. The van der Waals surface area contributed by atoms with Crippen LogP contribution in [0, 0.1) is 34.5 Å². The number of carbonyl (C=O) groups is 1. The molecular weight excluding hydrogens is 288 g/mol. The summed E-state index contributed by atoms with van der Waals surface area (Å²) in [6.45, 7) is 6.78. The Kier molecular flexibility index (Phi) is 4.36. The minimum atomic E-state index is -0.270. The van der Waals surface area contributed by atoms with Crippen molar-refractivity contribution in [3.63, 3.8) is 0 Å². The van der Waals surface area contributed by atoms with Crippen LogP contribution in [0.5, 0.6) is 0 Å². The van der Waals surface area contributed by atoms with Gasteiger partial charge in [0.25, 0.3) is 0 Å². The second-order valence-electron chi connectivity index (χ2n) is 8.55. The fourth-order valence-corrected chi connectivity index (χ4v) is 5.16. The van der Waals surface area contributed by atoms with Gasteiger partial charge >= 0.3 is 0 Å². The molecule has 0 saturated heterocycles. The highest BCUT2D eigenvalue weighted by molar-refractivity contribution is 5.83. The van der Waals surface area contributed by atoms with Gasteiger partial charge in [0.05, 0.1) is 5.60 Å². The molecule has 128 valence electrons. The number of Topliss-reactive ketones (excluding diaryl/α,β-unsaturated/α-hetero) is 1. The Labute approximate surface area is 140 Å². The maximum atomic E-state index is 12.3. The summed E-state index contributed by atoms with van der Waals surface area (Å²) in [5, 5.41) is 0. The Hall–Kier alpha value is -0.850. The molecule has 0 unspecified atom stereocenters. The van der Waals surface area contributed by atoms with Crippen LogP contribution >= 0.6 is 0 Å². The zero-order valence-corrected chi connectivity index (χ0v) is 15.0. The maximum absolute atomic E-state index is 12.3. The van der Waals surface area contributed by atoms with E-state index in [9.17, 15) is 4.79 Å². The first-order chi connectivity index (χ1) is 10.8. The molecule has 3 aliphatic carbocycles. The molecule has 3 rings (SSSR count). The molecule has 0 heterocycles. The molecule has 0 aromatic heterocycles. The van der Waals surface area contributed by atoms with E-state index in [0.717, 1.165) is 25.7 Å². The monoisotopic (exact) mass is 318 g/mol. The van der Waals surface area contributed by atoms with E-state index in [4.69, 9.17) is 9.47 Å². The van der Waals surface area contributed by atoms with Crippen LogP contribution in [0.1, 0.15) is 65.7 Å². The lowest BCUT2D eigenvalue weighted by atomic mass is 9.62. The average molecular weight is 318 g/mol. The zero-order chi connectivity index (χ0) is 16.7. The van der Waals surface area contributed by atoms with Gasteiger partial charge in [0.1, 0.15) is 12.6 Å². The number of ether oxygens (including phenoxy) is 2. The zero-order valence-electron chi connectivity index (χ0n) is 15.0. The molecule has 4 atom stereocenters. The van der Waals surface area contributed by atoms with Gasteiger partial charge in [0.15, 0.2) is 0 Å². The van der Waals surface area contributed by atoms with Gasteiger partial charge in [0.2, 0.25) is 0 Å². The fourth-order valence-electron chi connectivity index (χ4n) is 5.16. The van der Waals surface area contributed by atoms with E-state index < -0.39 is 0 Å². The second-order valence-corrected chi connectivity index (χ2v) is 8.55. The number of methoxy groups -OCH3 is 1. The van der Waals surface area contributed by atoms with Crippen LogP contribution in [-0.2, 0) is 14.3 Å². The van der Waals surface area contributed by atoms with E-state index >= 15 is 0 Å². The minimum absolute atomic E-state index is 0.212. The van der Waals surface area contributed by atoms with Crippen LogP contribution in [0.2, 0.25) is 0 Å². The first-order valence-corrected chi connectivity index (χ1v) is 8.99. The van der Waals surface area contributed by atoms with Gasteiger partial charge in [-0.15, -0.1) is 5.92 Å². The number of hydrogen-bond donors (Lipinski definition) is 0. The van der Waals surface area contributed by atoms with E-state index in [2.05, 4.69) is 32.6 Å². The Morgan fingerprint density at radius 2 is 2.13 bits per heavy atom. The van der Waals surface area contributed by atoms with Crippen LogP contribution in [-0.4, -0.2) is 25.3 Å². The van der Waals surface area contributed by atoms with E-state index in [-0.39, 0.29) is 11.0 Å². The van der Waals surface area contributed by atoms with Crippen LogP contribution in [0.25, 0.3) is 0 Å². The molecule has 0 aliphatic heterocycles. The SMILES string of the molecule is COCOC(C)(C)CC#C[C@@H]1C[C@@]12CC[C@H]1C(=O)CCC[C@@]12C. The number of rotatable bonds is 4. The number of fused-ring (bicyclic) bond motifs is 2. The van der Waals surface area contributed by atoms with Crippen molar-refractivity contribution in [2.45, 2.75) is 71.3 Å². The van der Waals surface area contributed by atoms with Gasteiger partial charge in [-0.1, -0.05) is 12.8 Å². The van der Waals surface area contributed by atoms with Gasteiger partial charge in [0, 0.05) is 31.8 Å². The Morgan fingerprint density at radius 1 is 1.35 bits per heavy atom. The summed E-state index contributed by atoms with van der Waals surface area (Å²) in [4.78, 5) is 12.3. The van der Waals surface area contributed by atoms with E-state index in [1.54, 1.807) is 7.11 Å². The lowest BCUT2D eigenvalue weighted by Gasteiger charge is -2.40. The molecule has 3 saturated carbocycles. The highest BCUT2D eigenvalue weighted by atomic mass is 16.7. The minimum Gasteiger partial charge on any atom is -0.359 e. The van der Waals surface area contributed by atoms with E-state index in [1.165, 1.54) is 19.3 Å². The summed E-state index contributed by atoms with van der Waals surface area (Å²) >= 11 is 0. The molecule has 0 radical (unpaired) electrons. The molecular formula is C20H30O3. The van der Waals surface area contributed by atoms with Crippen LogP contribution in [0.3, 0.4) is 0 Å². The fraction of sp³-hybridized carbons (Fsp3) is 0.850. The second kappa shape index (κ2) is 5.90. The highest BCUT2D eigenvalue weighted by Gasteiger charge is 2.70. The van der Waals surface area contributed by atoms with Crippen LogP contribution in [0.4, 0.5) is 0 Å². The summed E-state index contributed by atoms with van der Waals surface area (Å²) in [7, 11) is 1.64. The average Bonchev–Trinajstić information content (AvgIpc) is 3.11. The van der Waals surface area contributed by atoms with Crippen molar-refractivity contribution in [3.05, 3.63) is 0 Å². The molecule has 1 spiro atoms. The lowest BCUT2D eigenvalue weighted by molar-refractivity contribution is -0.130. The first-order valence-electron chi connectivity index (χ1n) is 8.99. The van der Waals surface area contributed by atoms with Gasteiger partial charge in [-0.2, -0.15) is 0 Å².